The predicted molar refractivity (Wildman–Crippen MR) is 78.6 cm³/mol. The number of amides is 2. The molecule has 0 fully saturated rings. The Morgan fingerprint density at radius 2 is 2.32 bits per heavy atom. The van der Waals surface area contributed by atoms with Crippen LogP contribution in [-0.4, -0.2) is 16.2 Å². The summed E-state index contributed by atoms with van der Waals surface area (Å²) in [4.78, 5) is 16.1. The van der Waals surface area contributed by atoms with Crippen molar-refractivity contribution in [3.05, 3.63) is 47.1 Å². The SMILES string of the molecule is CC[C@H](NC(=O)NCc1cccc(C#N)c1)c1noc(C)n1. The third kappa shape index (κ3) is 4.06. The molecule has 1 heterocycles. The molecule has 1 aromatic carbocycles. The summed E-state index contributed by atoms with van der Waals surface area (Å²) in [5.41, 5.74) is 1.42. The van der Waals surface area contributed by atoms with Crippen LogP contribution in [0, 0.1) is 18.3 Å². The summed E-state index contributed by atoms with van der Waals surface area (Å²) in [6.07, 6.45) is 0.649. The standard InChI is InChI=1S/C15H17N5O2/c1-3-13(14-18-10(2)22-20-14)19-15(21)17-9-12-6-4-5-11(7-12)8-16/h4-7,13H,3,9H2,1-2H3,(H2,17,19,21)/t13-/m0/s1. The third-order valence-corrected chi connectivity index (χ3v) is 3.08. The van der Waals surface area contributed by atoms with Gasteiger partial charge in [-0.05, 0) is 24.1 Å². The second-order valence-electron chi connectivity index (χ2n) is 4.77. The van der Waals surface area contributed by atoms with E-state index >= 15 is 0 Å². The van der Waals surface area contributed by atoms with E-state index in [2.05, 4.69) is 26.8 Å². The molecule has 7 heteroatoms. The highest BCUT2D eigenvalue weighted by Crippen LogP contribution is 2.12. The Morgan fingerprint density at radius 1 is 1.50 bits per heavy atom. The summed E-state index contributed by atoms with van der Waals surface area (Å²) in [7, 11) is 0. The number of carbonyl (C=O) groups excluding carboxylic acids is 1. The maximum absolute atomic E-state index is 11.9. The summed E-state index contributed by atoms with van der Waals surface area (Å²) in [5, 5.41) is 18.2. The molecule has 1 atom stereocenters. The van der Waals surface area contributed by atoms with Gasteiger partial charge in [-0.1, -0.05) is 24.2 Å². The zero-order chi connectivity index (χ0) is 15.9. The first-order valence-electron chi connectivity index (χ1n) is 6.96. The van der Waals surface area contributed by atoms with Gasteiger partial charge in [0.2, 0.25) is 5.89 Å². The van der Waals surface area contributed by atoms with Crippen LogP contribution >= 0.6 is 0 Å². The number of nitrogens with one attached hydrogen (secondary N) is 2. The maximum atomic E-state index is 11.9. The number of hydrogen-bond acceptors (Lipinski definition) is 5. The molecular formula is C15H17N5O2. The van der Waals surface area contributed by atoms with E-state index in [1.807, 2.05) is 13.0 Å². The molecule has 0 spiro atoms. The second kappa shape index (κ2) is 7.22. The molecule has 22 heavy (non-hydrogen) atoms. The summed E-state index contributed by atoms with van der Waals surface area (Å²) in [5.74, 6) is 0.922. The molecule has 2 N–H and O–H groups in total. The molecule has 2 aromatic rings. The molecule has 1 aromatic heterocycles. The smallest absolute Gasteiger partial charge is 0.315 e. The molecule has 7 nitrogen and oxygen atoms in total. The number of rotatable bonds is 5. The number of benzene rings is 1. The number of nitrogens with zero attached hydrogens (tertiary/aromatic N) is 3. The Bertz CT molecular complexity index is 689. The lowest BCUT2D eigenvalue weighted by Gasteiger charge is -2.14. The Labute approximate surface area is 128 Å². The van der Waals surface area contributed by atoms with Gasteiger partial charge >= 0.3 is 6.03 Å². The van der Waals surface area contributed by atoms with Gasteiger partial charge in [0, 0.05) is 13.5 Å². The highest BCUT2D eigenvalue weighted by Gasteiger charge is 2.17. The van der Waals surface area contributed by atoms with Crippen molar-refractivity contribution in [2.75, 3.05) is 0 Å². The third-order valence-electron chi connectivity index (χ3n) is 3.08. The fourth-order valence-corrected chi connectivity index (χ4v) is 1.95. The first kappa shape index (κ1) is 15.5. The first-order chi connectivity index (χ1) is 10.6. The normalized spacial score (nSPS) is 11.5. The predicted octanol–water partition coefficient (Wildman–Crippen LogP) is 2.20. The average molecular weight is 299 g/mol. The molecule has 0 saturated heterocycles. The molecule has 0 aliphatic carbocycles. The lowest BCUT2D eigenvalue weighted by molar-refractivity contribution is 0.235. The fraction of sp³-hybridized carbons (Fsp3) is 0.333. The fourth-order valence-electron chi connectivity index (χ4n) is 1.95. The number of nitriles is 1. The summed E-state index contributed by atoms with van der Waals surface area (Å²) in [6.45, 7) is 3.96. The van der Waals surface area contributed by atoms with E-state index < -0.39 is 0 Å². The minimum absolute atomic E-state index is 0.303. The molecule has 0 aliphatic rings. The Morgan fingerprint density at radius 3 is 2.95 bits per heavy atom. The maximum Gasteiger partial charge on any atom is 0.315 e. The number of urea groups is 1. The van der Waals surface area contributed by atoms with Crippen molar-refractivity contribution in [1.82, 2.24) is 20.8 Å². The van der Waals surface area contributed by atoms with Gasteiger partial charge in [0.1, 0.15) is 0 Å². The second-order valence-corrected chi connectivity index (χ2v) is 4.77. The molecule has 0 unspecified atom stereocenters. The van der Waals surface area contributed by atoms with Crippen molar-refractivity contribution >= 4 is 6.03 Å². The lowest BCUT2D eigenvalue weighted by Crippen LogP contribution is -2.37. The van der Waals surface area contributed by atoms with E-state index in [-0.39, 0.29) is 12.1 Å². The van der Waals surface area contributed by atoms with Gasteiger partial charge in [-0.3, -0.25) is 0 Å². The van der Waals surface area contributed by atoms with Crippen LogP contribution in [0.5, 0.6) is 0 Å². The molecule has 0 aliphatic heterocycles. The van der Waals surface area contributed by atoms with E-state index in [1.165, 1.54) is 0 Å². The molecule has 0 radical (unpaired) electrons. The Kier molecular flexibility index (Phi) is 5.09. The van der Waals surface area contributed by atoms with Gasteiger partial charge in [0.25, 0.3) is 0 Å². The van der Waals surface area contributed by atoms with Gasteiger partial charge in [0.05, 0.1) is 17.7 Å². The highest BCUT2D eigenvalue weighted by molar-refractivity contribution is 5.74. The van der Waals surface area contributed by atoms with E-state index in [0.717, 1.165) is 5.56 Å². The van der Waals surface area contributed by atoms with Crippen LogP contribution < -0.4 is 10.6 Å². The van der Waals surface area contributed by atoms with Crippen LogP contribution in [0.15, 0.2) is 28.8 Å². The van der Waals surface area contributed by atoms with Gasteiger partial charge < -0.3 is 15.2 Å². The van der Waals surface area contributed by atoms with E-state index in [0.29, 0.717) is 30.2 Å². The van der Waals surface area contributed by atoms with Gasteiger partial charge in [-0.25, -0.2) is 4.79 Å². The van der Waals surface area contributed by atoms with E-state index in [1.54, 1.807) is 25.1 Å². The lowest BCUT2D eigenvalue weighted by atomic mass is 10.1. The zero-order valence-electron chi connectivity index (χ0n) is 12.5. The van der Waals surface area contributed by atoms with E-state index in [4.69, 9.17) is 9.78 Å². The van der Waals surface area contributed by atoms with Gasteiger partial charge in [-0.2, -0.15) is 10.2 Å². The van der Waals surface area contributed by atoms with E-state index in [9.17, 15) is 4.79 Å². The summed E-state index contributed by atoms with van der Waals surface area (Å²) < 4.78 is 4.92. The van der Waals surface area contributed by atoms with Crippen molar-refractivity contribution in [2.24, 2.45) is 0 Å². The molecule has 114 valence electrons. The molecule has 2 amide bonds. The van der Waals surface area contributed by atoms with Crippen LogP contribution in [-0.2, 0) is 6.54 Å². The Balaban J connectivity index is 1.90. The number of hydrogen-bond donors (Lipinski definition) is 2. The van der Waals surface area contributed by atoms with Crippen LogP contribution in [0.1, 0.15) is 42.2 Å². The summed E-state index contributed by atoms with van der Waals surface area (Å²) in [6, 6.07) is 8.52. The monoisotopic (exact) mass is 299 g/mol. The number of carbonyl (C=O) groups is 1. The van der Waals surface area contributed by atoms with Crippen molar-refractivity contribution in [3.63, 3.8) is 0 Å². The van der Waals surface area contributed by atoms with Crippen LogP contribution in [0.2, 0.25) is 0 Å². The van der Waals surface area contributed by atoms with Crippen LogP contribution in [0.25, 0.3) is 0 Å². The first-order valence-corrected chi connectivity index (χ1v) is 6.96. The van der Waals surface area contributed by atoms with Crippen LogP contribution in [0.4, 0.5) is 4.79 Å². The minimum Gasteiger partial charge on any atom is -0.340 e. The number of aryl methyl sites for hydroxylation is 1. The van der Waals surface area contributed by atoms with Crippen molar-refractivity contribution in [3.8, 4) is 6.07 Å². The topological polar surface area (TPSA) is 104 Å². The molecule has 0 saturated carbocycles. The zero-order valence-corrected chi connectivity index (χ0v) is 12.5. The average Bonchev–Trinajstić information content (AvgIpc) is 2.97. The molecule has 2 rings (SSSR count). The molecular weight excluding hydrogens is 282 g/mol. The van der Waals surface area contributed by atoms with Gasteiger partial charge in [0.15, 0.2) is 5.82 Å². The largest absolute Gasteiger partial charge is 0.340 e. The van der Waals surface area contributed by atoms with Crippen molar-refractivity contribution in [1.29, 1.82) is 5.26 Å². The quantitative estimate of drug-likeness (QED) is 0.880. The molecule has 0 bridgehead atoms. The minimum atomic E-state index is -0.323. The number of aromatic nitrogens is 2. The van der Waals surface area contributed by atoms with Crippen molar-refractivity contribution < 1.29 is 9.32 Å². The highest BCUT2D eigenvalue weighted by atomic mass is 16.5. The van der Waals surface area contributed by atoms with Crippen molar-refractivity contribution in [2.45, 2.75) is 32.9 Å². The summed E-state index contributed by atoms with van der Waals surface area (Å²) >= 11 is 0. The van der Waals surface area contributed by atoms with Crippen LogP contribution in [0.3, 0.4) is 0 Å². The van der Waals surface area contributed by atoms with Gasteiger partial charge in [-0.15, -0.1) is 0 Å². The Hall–Kier alpha value is -2.88.